The summed E-state index contributed by atoms with van der Waals surface area (Å²) >= 11 is 0. The summed E-state index contributed by atoms with van der Waals surface area (Å²) in [5.41, 5.74) is 0. The van der Waals surface area contributed by atoms with Crippen molar-refractivity contribution in [2.45, 2.75) is 20.3 Å². The summed E-state index contributed by atoms with van der Waals surface area (Å²) < 4.78 is 4.99. The van der Waals surface area contributed by atoms with Crippen molar-refractivity contribution in [1.29, 1.82) is 0 Å². The zero-order chi connectivity index (χ0) is 11.5. The minimum Gasteiger partial charge on any atom is -0.408 e. The SMILES string of the molecule is CCc1nc(C(=O)Nc2nnc(C)o2)n[nH]1. The number of aromatic nitrogens is 5. The van der Waals surface area contributed by atoms with Gasteiger partial charge in [-0.1, -0.05) is 12.0 Å². The van der Waals surface area contributed by atoms with E-state index in [1.54, 1.807) is 6.92 Å². The van der Waals surface area contributed by atoms with Gasteiger partial charge in [0.1, 0.15) is 5.82 Å². The lowest BCUT2D eigenvalue weighted by Crippen LogP contribution is -2.14. The monoisotopic (exact) mass is 222 g/mol. The summed E-state index contributed by atoms with van der Waals surface area (Å²) in [6, 6.07) is 0.0327. The minimum absolute atomic E-state index is 0.0327. The van der Waals surface area contributed by atoms with Gasteiger partial charge in [-0.3, -0.25) is 15.2 Å². The highest BCUT2D eigenvalue weighted by atomic mass is 16.4. The maximum atomic E-state index is 11.6. The van der Waals surface area contributed by atoms with Gasteiger partial charge in [-0.15, -0.1) is 10.2 Å². The van der Waals surface area contributed by atoms with E-state index in [0.29, 0.717) is 18.1 Å². The molecule has 2 aromatic rings. The zero-order valence-corrected chi connectivity index (χ0v) is 8.81. The Hall–Kier alpha value is -2.25. The van der Waals surface area contributed by atoms with Gasteiger partial charge in [0.2, 0.25) is 11.7 Å². The van der Waals surface area contributed by atoms with E-state index in [4.69, 9.17) is 4.42 Å². The highest BCUT2D eigenvalue weighted by Crippen LogP contribution is 2.05. The first-order valence-corrected chi connectivity index (χ1v) is 4.71. The molecular weight excluding hydrogens is 212 g/mol. The zero-order valence-electron chi connectivity index (χ0n) is 8.81. The van der Waals surface area contributed by atoms with Crippen molar-refractivity contribution in [3.63, 3.8) is 0 Å². The van der Waals surface area contributed by atoms with Crippen molar-refractivity contribution in [2.75, 3.05) is 5.32 Å². The first-order valence-electron chi connectivity index (χ1n) is 4.71. The topological polar surface area (TPSA) is 110 Å². The van der Waals surface area contributed by atoms with Gasteiger partial charge in [-0.2, -0.15) is 0 Å². The highest BCUT2D eigenvalue weighted by molar-refractivity contribution is 6.00. The number of rotatable bonds is 3. The fraction of sp³-hybridized carbons (Fsp3) is 0.375. The van der Waals surface area contributed by atoms with Crippen LogP contribution in [-0.2, 0) is 6.42 Å². The van der Waals surface area contributed by atoms with E-state index in [-0.39, 0.29) is 11.8 Å². The number of carbonyl (C=O) groups excluding carboxylic acids is 1. The van der Waals surface area contributed by atoms with E-state index in [9.17, 15) is 4.79 Å². The number of carbonyl (C=O) groups is 1. The number of aromatic amines is 1. The third-order valence-electron chi connectivity index (χ3n) is 1.82. The summed E-state index contributed by atoms with van der Waals surface area (Å²) in [6.45, 7) is 3.54. The molecule has 0 unspecified atom stereocenters. The second-order valence-electron chi connectivity index (χ2n) is 3.04. The van der Waals surface area contributed by atoms with Crippen molar-refractivity contribution in [3.05, 3.63) is 17.5 Å². The van der Waals surface area contributed by atoms with Crippen LogP contribution in [0.15, 0.2) is 4.42 Å². The van der Waals surface area contributed by atoms with Crippen LogP contribution in [0.4, 0.5) is 6.01 Å². The van der Waals surface area contributed by atoms with Crippen molar-refractivity contribution in [1.82, 2.24) is 25.4 Å². The fourth-order valence-corrected chi connectivity index (χ4v) is 1.06. The molecule has 2 rings (SSSR count). The molecule has 16 heavy (non-hydrogen) atoms. The molecular formula is C8H10N6O2. The molecule has 2 aromatic heterocycles. The Morgan fingerprint density at radius 3 is 2.88 bits per heavy atom. The molecule has 0 radical (unpaired) electrons. The first-order chi connectivity index (χ1) is 7.69. The number of amides is 1. The van der Waals surface area contributed by atoms with E-state index in [2.05, 4.69) is 30.7 Å². The predicted molar refractivity (Wildman–Crippen MR) is 52.7 cm³/mol. The smallest absolute Gasteiger partial charge is 0.322 e. The van der Waals surface area contributed by atoms with Gasteiger partial charge in [0.05, 0.1) is 0 Å². The Bertz CT molecular complexity index is 502. The number of hydrogen-bond donors (Lipinski definition) is 2. The van der Waals surface area contributed by atoms with Gasteiger partial charge in [0.15, 0.2) is 0 Å². The van der Waals surface area contributed by atoms with Crippen LogP contribution in [0.3, 0.4) is 0 Å². The van der Waals surface area contributed by atoms with E-state index in [0.717, 1.165) is 0 Å². The third kappa shape index (κ3) is 2.05. The Morgan fingerprint density at radius 2 is 2.31 bits per heavy atom. The summed E-state index contributed by atoms with van der Waals surface area (Å²) in [4.78, 5) is 15.5. The average Bonchev–Trinajstić information content (AvgIpc) is 2.87. The maximum Gasteiger partial charge on any atom is 0.322 e. The molecule has 0 aliphatic heterocycles. The van der Waals surface area contributed by atoms with Crippen molar-refractivity contribution >= 4 is 11.9 Å². The Balaban J connectivity index is 2.08. The normalized spacial score (nSPS) is 10.4. The third-order valence-corrected chi connectivity index (χ3v) is 1.82. The molecule has 8 heteroatoms. The van der Waals surface area contributed by atoms with Crippen LogP contribution in [-0.4, -0.2) is 31.3 Å². The standard InChI is InChI=1S/C8H10N6O2/c1-3-5-9-6(13-12-5)7(15)10-8-14-11-4(2)16-8/h3H2,1-2H3,(H,9,12,13)(H,10,14,15). The largest absolute Gasteiger partial charge is 0.408 e. The van der Waals surface area contributed by atoms with E-state index >= 15 is 0 Å². The molecule has 2 heterocycles. The first kappa shape index (κ1) is 10.3. The average molecular weight is 222 g/mol. The molecule has 84 valence electrons. The van der Waals surface area contributed by atoms with Gasteiger partial charge < -0.3 is 4.42 Å². The summed E-state index contributed by atoms with van der Waals surface area (Å²) in [5, 5.41) is 16.0. The van der Waals surface area contributed by atoms with Gasteiger partial charge in [-0.05, 0) is 0 Å². The lowest BCUT2D eigenvalue weighted by Gasteiger charge is -1.93. The number of aryl methyl sites for hydroxylation is 2. The number of anilines is 1. The van der Waals surface area contributed by atoms with Gasteiger partial charge in [0, 0.05) is 13.3 Å². The van der Waals surface area contributed by atoms with E-state index < -0.39 is 5.91 Å². The number of nitrogens with zero attached hydrogens (tertiary/aromatic N) is 4. The molecule has 0 aromatic carbocycles. The molecule has 1 amide bonds. The van der Waals surface area contributed by atoms with Crippen molar-refractivity contribution in [2.24, 2.45) is 0 Å². The summed E-state index contributed by atoms with van der Waals surface area (Å²) in [5.74, 6) is 0.582. The van der Waals surface area contributed by atoms with Crippen molar-refractivity contribution < 1.29 is 9.21 Å². The van der Waals surface area contributed by atoms with Crippen LogP contribution >= 0.6 is 0 Å². The molecule has 0 bridgehead atoms. The quantitative estimate of drug-likeness (QED) is 0.773. The fourth-order valence-electron chi connectivity index (χ4n) is 1.06. The number of H-pyrrole nitrogens is 1. The van der Waals surface area contributed by atoms with Crippen LogP contribution in [0.25, 0.3) is 0 Å². The van der Waals surface area contributed by atoms with Gasteiger partial charge in [-0.25, -0.2) is 4.98 Å². The minimum atomic E-state index is -0.486. The summed E-state index contributed by atoms with van der Waals surface area (Å²) in [7, 11) is 0. The Labute approximate surface area is 90.5 Å². The molecule has 0 saturated heterocycles. The number of hydrogen-bond acceptors (Lipinski definition) is 6. The lowest BCUT2D eigenvalue weighted by molar-refractivity contribution is 0.101. The molecule has 0 atom stereocenters. The van der Waals surface area contributed by atoms with Crippen LogP contribution in [0, 0.1) is 6.92 Å². The predicted octanol–water partition coefficient (Wildman–Crippen LogP) is 0.311. The Morgan fingerprint density at radius 1 is 1.50 bits per heavy atom. The van der Waals surface area contributed by atoms with Crippen LogP contribution in [0.1, 0.15) is 29.3 Å². The highest BCUT2D eigenvalue weighted by Gasteiger charge is 2.14. The van der Waals surface area contributed by atoms with Crippen LogP contribution < -0.4 is 5.32 Å². The molecule has 0 spiro atoms. The second-order valence-corrected chi connectivity index (χ2v) is 3.04. The van der Waals surface area contributed by atoms with Crippen LogP contribution in [0.5, 0.6) is 0 Å². The van der Waals surface area contributed by atoms with E-state index in [1.165, 1.54) is 0 Å². The van der Waals surface area contributed by atoms with Gasteiger partial charge >= 0.3 is 6.01 Å². The molecule has 0 aliphatic carbocycles. The molecule has 0 aliphatic rings. The lowest BCUT2D eigenvalue weighted by atomic mass is 10.5. The van der Waals surface area contributed by atoms with E-state index in [1.807, 2.05) is 6.92 Å². The summed E-state index contributed by atoms with van der Waals surface area (Å²) in [6.07, 6.45) is 0.681. The van der Waals surface area contributed by atoms with Crippen molar-refractivity contribution in [3.8, 4) is 0 Å². The second kappa shape index (κ2) is 4.09. The molecule has 8 nitrogen and oxygen atoms in total. The number of nitrogens with one attached hydrogen (secondary N) is 2. The van der Waals surface area contributed by atoms with Gasteiger partial charge in [0.25, 0.3) is 5.91 Å². The molecule has 0 saturated carbocycles. The van der Waals surface area contributed by atoms with Crippen LogP contribution in [0.2, 0.25) is 0 Å². The molecule has 0 fully saturated rings. The Kier molecular flexibility index (Phi) is 2.63. The molecule has 2 N–H and O–H groups in total. The maximum absolute atomic E-state index is 11.6.